The summed E-state index contributed by atoms with van der Waals surface area (Å²) in [6, 6.07) is 13.5. The number of halogens is 1. The molecule has 27 heavy (non-hydrogen) atoms. The second-order valence-corrected chi connectivity index (χ2v) is 8.05. The zero-order valence-electron chi connectivity index (χ0n) is 16.1. The number of carbonyl (C=O) groups is 1. The van der Waals surface area contributed by atoms with Gasteiger partial charge in [0, 0.05) is 24.0 Å². The number of carbonyl (C=O) groups excluding carboxylic acids is 1. The number of methoxy groups -OCH3 is 1. The molecule has 1 aliphatic heterocycles. The van der Waals surface area contributed by atoms with E-state index < -0.39 is 0 Å². The van der Waals surface area contributed by atoms with Gasteiger partial charge in [-0.3, -0.25) is 0 Å². The van der Waals surface area contributed by atoms with Crippen LogP contribution in [0.1, 0.15) is 35.7 Å². The molecular formula is C22H26ClNO3. The summed E-state index contributed by atoms with van der Waals surface area (Å²) in [7, 11) is 3.44. The van der Waals surface area contributed by atoms with Gasteiger partial charge in [0.15, 0.2) is 0 Å². The topological polar surface area (TPSA) is 38.8 Å². The molecule has 5 heteroatoms. The molecule has 0 saturated carbocycles. The Bertz CT molecular complexity index is 823. The Balaban J connectivity index is 1.67. The maximum Gasteiger partial charge on any atom is 0.337 e. The third kappa shape index (κ3) is 4.75. The van der Waals surface area contributed by atoms with E-state index in [1.165, 1.54) is 12.7 Å². The molecule has 144 valence electrons. The Hall–Kier alpha value is -2.20. The predicted octanol–water partition coefficient (Wildman–Crippen LogP) is 4.98. The molecule has 0 fully saturated rings. The summed E-state index contributed by atoms with van der Waals surface area (Å²) in [4.78, 5) is 14.0. The molecule has 2 aromatic carbocycles. The summed E-state index contributed by atoms with van der Waals surface area (Å²) in [5.74, 6) is 0.475. The van der Waals surface area contributed by atoms with E-state index in [9.17, 15) is 4.79 Å². The molecule has 1 atom stereocenters. The molecule has 0 saturated heterocycles. The quantitative estimate of drug-likeness (QED) is 0.678. The molecule has 1 aliphatic rings. The number of rotatable bonds is 5. The Kier molecular flexibility index (Phi) is 5.95. The van der Waals surface area contributed by atoms with Gasteiger partial charge in [-0.15, -0.1) is 0 Å². The minimum atomic E-state index is -0.334. The van der Waals surface area contributed by atoms with Gasteiger partial charge >= 0.3 is 5.97 Å². The molecule has 2 aromatic rings. The maximum absolute atomic E-state index is 11.8. The van der Waals surface area contributed by atoms with Crippen LogP contribution in [0.3, 0.4) is 0 Å². The summed E-state index contributed by atoms with van der Waals surface area (Å²) in [6.07, 6.45) is 3.11. The molecule has 4 nitrogen and oxygen atoms in total. The fourth-order valence-electron chi connectivity index (χ4n) is 3.70. The van der Waals surface area contributed by atoms with Gasteiger partial charge in [-0.05, 0) is 55.2 Å². The zero-order chi connectivity index (χ0) is 19.4. The van der Waals surface area contributed by atoms with Crippen LogP contribution in [0.4, 0.5) is 5.69 Å². The second-order valence-electron chi connectivity index (χ2n) is 7.61. The van der Waals surface area contributed by atoms with Crippen LogP contribution in [0, 0.1) is 5.41 Å². The normalized spacial score (nSPS) is 19.0. The van der Waals surface area contributed by atoms with E-state index in [2.05, 4.69) is 17.9 Å². The number of ether oxygens (including phenoxy) is 2. The van der Waals surface area contributed by atoms with Crippen LogP contribution in [0.25, 0.3) is 0 Å². The molecular weight excluding hydrogens is 362 g/mol. The lowest BCUT2D eigenvalue weighted by molar-refractivity contribution is 0.0600. The number of hydrogen-bond acceptors (Lipinski definition) is 4. The number of benzene rings is 2. The highest BCUT2D eigenvalue weighted by Gasteiger charge is 2.31. The van der Waals surface area contributed by atoms with Crippen molar-refractivity contribution in [3.05, 3.63) is 58.6 Å². The SMILES string of the molecule is COC(=O)c1ccc2c(c1)N(C)C[C@@](C)(CCCc1cccc(Cl)c1)CO2. The molecule has 3 rings (SSSR count). The van der Waals surface area contributed by atoms with Crippen molar-refractivity contribution in [2.75, 3.05) is 32.2 Å². The van der Waals surface area contributed by atoms with Crippen LogP contribution in [-0.4, -0.2) is 33.3 Å². The van der Waals surface area contributed by atoms with Crippen molar-refractivity contribution in [2.24, 2.45) is 5.41 Å². The van der Waals surface area contributed by atoms with E-state index in [0.717, 1.165) is 42.3 Å². The first-order valence-electron chi connectivity index (χ1n) is 9.21. The van der Waals surface area contributed by atoms with Crippen molar-refractivity contribution < 1.29 is 14.3 Å². The molecule has 0 amide bonds. The van der Waals surface area contributed by atoms with Crippen molar-refractivity contribution in [1.29, 1.82) is 0 Å². The van der Waals surface area contributed by atoms with E-state index in [1.807, 2.05) is 37.4 Å². The summed E-state index contributed by atoms with van der Waals surface area (Å²) in [6.45, 7) is 3.77. The van der Waals surface area contributed by atoms with E-state index in [-0.39, 0.29) is 11.4 Å². The molecule has 0 bridgehead atoms. The lowest BCUT2D eigenvalue weighted by atomic mass is 9.84. The summed E-state index contributed by atoms with van der Waals surface area (Å²) < 4.78 is 10.9. The minimum absolute atomic E-state index is 0.0256. The van der Waals surface area contributed by atoms with Crippen molar-refractivity contribution in [3.63, 3.8) is 0 Å². The Labute approximate surface area is 166 Å². The van der Waals surface area contributed by atoms with Crippen molar-refractivity contribution in [2.45, 2.75) is 26.2 Å². The Morgan fingerprint density at radius 1 is 1.30 bits per heavy atom. The minimum Gasteiger partial charge on any atom is -0.491 e. The van der Waals surface area contributed by atoms with Crippen LogP contribution in [0.15, 0.2) is 42.5 Å². The van der Waals surface area contributed by atoms with Crippen molar-refractivity contribution in [1.82, 2.24) is 0 Å². The second kappa shape index (κ2) is 8.22. The number of anilines is 1. The number of fused-ring (bicyclic) bond motifs is 1. The van der Waals surface area contributed by atoms with Crippen LogP contribution in [-0.2, 0) is 11.2 Å². The molecule has 0 N–H and O–H groups in total. The van der Waals surface area contributed by atoms with Gasteiger partial charge in [-0.25, -0.2) is 4.79 Å². The highest BCUT2D eigenvalue weighted by molar-refractivity contribution is 6.30. The van der Waals surface area contributed by atoms with Gasteiger partial charge in [0.25, 0.3) is 0 Å². The Morgan fingerprint density at radius 2 is 2.11 bits per heavy atom. The van der Waals surface area contributed by atoms with Gasteiger partial charge in [-0.2, -0.15) is 0 Å². The van der Waals surface area contributed by atoms with Crippen LogP contribution < -0.4 is 9.64 Å². The molecule has 0 radical (unpaired) electrons. The first-order valence-corrected chi connectivity index (χ1v) is 9.59. The van der Waals surface area contributed by atoms with Crippen molar-refractivity contribution in [3.8, 4) is 5.75 Å². The smallest absolute Gasteiger partial charge is 0.337 e. The summed E-state index contributed by atoms with van der Waals surface area (Å²) in [5, 5.41) is 0.785. The monoisotopic (exact) mass is 387 g/mol. The van der Waals surface area contributed by atoms with Gasteiger partial charge in [-0.1, -0.05) is 30.7 Å². The van der Waals surface area contributed by atoms with Gasteiger partial charge in [0.2, 0.25) is 0 Å². The summed E-state index contributed by atoms with van der Waals surface area (Å²) >= 11 is 6.08. The third-order valence-electron chi connectivity index (χ3n) is 5.12. The van der Waals surface area contributed by atoms with Gasteiger partial charge in [0.1, 0.15) is 5.75 Å². The van der Waals surface area contributed by atoms with Crippen LogP contribution in [0.5, 0.6) is 5.75 Å². The molecule has 0 spiro atoms. The fourth-order valence-corrected chi connectivity index (χ4v) is 3.91. The van der Waals surface area contributed by atoms with Crippen molar-refractivity contribution >= 4 is 23.3 Å². The van der Waals surface area contributed by atoms with E-state index >= 15 is 0 Å². The number of aryl methyl sites for hydroxylation is 1. The first-order chi connectivity index (χ1) is 12.9. The van der Waals surface area contributed by atoms with Gasteiger partial charge in [0.05, 0.1) is 25.0 Å². The molecule has 0 aliphatic carbocycles. The third-order valence-corrected chi connectivity index (χ3v) is 5.36. The van der Waals surface area contributed by atoms with Crippen LogP contribution in [0.2, 0.25) is 5.02 Å². The zero-order valence-corrected chi connectivity index (χ0v) is 16.9. The Morgan fingerprint density at radius 3 is 2.85 bits per heavy atom. The summed E-state index contributed by atoms with van der Waals surface area (Å²) in [5.41, 5.74) is 2.75. The van der Waals surface area contributed by atoms with Crippen LogP contribution >= 0.6 is 11.6 Å². The largest absolute Gasteiger partial charge is 0.491 e. The highest BCUT2D eigenvalue weighted by atomic mass is 35.5. The van der Waals surface area contributed by atoms with Gasteiger partial charge < -0.3 is 14.4 Å². The lowest BCUT2D eigenvalue weighted by Gasteiger charge is -2.31. The fraction of sp³-hybridized carbons (Fsp3) is 0.409. The number of esters is 1. The standard InChI is InChI=1S/C22H26ClNO3/c1-22(11-5-7-16-6-4-8-18(23)12-16)14-24(2)19-13-17(21(25)26-3)9-10-20(19)27-15-22/h4,6,8-10,12-13H,5,7,11,14-15H2,1-3H3/t22-/m1/s1. The van der Waals surface area contributed by atoms with E-state index in [1.54, 1.807) is 6.07 Å². The lowest BCUT2D eigenvalue weighted by Crippen LogP contribution is -2.35. The molecule has 0 aromatic heterocycles. The average molecular weight is 388 g/mol. The number of hydrogen-bond donors (Lipinski definition) is 0. The predicted molar refractivity (Wildman–Crippen MR) is 109 cm³/mol. The highest BCUT2D eigenvalue weighted by Crippen LogP contribution is 2.37. The molecule has 0 unspecified atom stereocenters. The molecule has 1 heterocycles. The average Bonchev–Trinajstić information content (AvgIpc) is 2.77. The first kappa shape index (κ1) is 19.6. The van der Waals surface area contributed by atoms with E-state index in [4.69, 9.17) is 21.1 Å². The number of nitrogens with zero attached hydrogens (tertiary/aromatic N) is 1. The van der Waals surface area contributed by atoms with E-state index in [0.29, 0.717) is 12.2 Å². The maximum atomic E-state index is 11.8.